The Bertz CT molecular complexity index is 368. The Morgan fingerprint density at radius 3 is 2.61 bits per heavy atom. The van der Waals surface area contributed by atoms with Crippen LogP contribution < -0.4 is 0 Å². The molecule has 0 N–H and O–H groups in total. The van der Waals surface area contributed by atoms with Crippen molar-refractivity contribution in [2.24, 2.45) is 5.41 Å². The van der Waals surface area contributed by atoms with E-state index in [0.29, 0.717) is 19.1 Å². The molecule has 1 aliphatic rings. The second-order valence-electron chi connectivity index (χ2n) is 5.27. The van der Waals surface area contributed by atoms with E-state index in [1.54, 1.807) is 0 Å². The largest absolute Gasteiger partial charge is 0.376 e. The zero-order valence-electron chi connectivity index (χ0n) is 11.1. The van der Waals surface area contributed by atoms with Gasteiger partial charge in [0.15, 0.2) is 0 Å². The van der Waals surface area contributed by atoms with E-state index in [1.165, 1.54) is 5.56 Å². The molecule has 0 radical (unpaired) electrons. The quantitative estimate of drug-likeness (QED) is 0.760. The summed E-state index contributed by atoms with van der Waals surface area (Å²) in [5.41, 5.74) is 1.16. The van der Waals surface area contributed by atoms with Gasteiger partial charge in [-0.15, -0.1) is 11.6 Å². The number of halogens is 1. The van der Waals surface area contributed by atoms with Gasteiger partial charge >= 0.3 is 0 Å². The maximum atomic E-state index is 6.15. The Hall–Kier alpha value is -0.570. The monoisotopic (exact) mass is 268 g/mol. The number of hydrogen-bond acceptors (Lipinski definition) is 2. The van der Waals surface area contributed by atoms with Crippen LogP contribution in [-0.2, 0) is 16.1 Å². The van der Waals surface area contributed by atoms with E-state index >= 15 is 0 Å². The highest BCUT2D eigenvalue weighted by Crippen LogP contribution is 2.40. The highest BCUT2D eigenvalue weighted by molar-refractivity contribution is 6.18. The van der Waals surface area contributed by atoms with E-state index in [0.717, 1.165) is 6.42 Å². The van der Waals surface area contributed by atoms with Gasteiger partial charge in [0.05, 0.1) is 25.4 Å². The van der Waals surface area contributed by atoms with E-state index in [4.69, 9.17) is 21.1 Å². The molecule has 0 spiro atoms. The highest BCUT2D eigenvalue weighted by atomic mass is 35.5. The number of benzene rings is 1. The summed E-state index contributed by atoms with van der Waals surface area (Å²) in [5, 5.41) is 0. The fourth-order valence-corrected chi connectivity index (χ4v) is 3.01. The van der Waals surface area contributed by atoms with Crippen LogP contribution in [0.5, 0.6) is 0 Å². The van der Waals surface area contributed by atoms with Crippen molar-refractivity contribution in [3.63, 3.8) is 0 Å². The molecule has 1 fully saturated rings. The van der Waals surface area contributed by atoms with E-state index in [9.17, 15) is 0 Å². The molecule has 1 aromatic rings. The van der Waals surface area contributed by atoms with Crippen molar-refractivity contribution in [3.8, 4) is 0 Å². The van der Waals surface area contributed by atoms with Gasteiger partial charge in [0.1, 0.15) is 0 Å². The summed E-state index contributed by atoms with van der Waals surface area (Å²) in [4.78, 5) is 0. The first-order valence-electron chi connectivity index (χ1n) is 6.49. The topological polar surface area (TPSA) is 18.5 Å². The van der Waals surface area contributed by atoms with Crippen molar-refractivity contribution in [2.75, 3.05) is 12.5 Å². The molecule has 1 saturated heterocycles. The summed E-state index contributed by atoms with van der Waals surface area (Å²) in [6.07, 6.45) is 1.42. The Balaban J connectivity index is 1.88. The average Bonchev–Trinajstić information content (AvgIpc) is 2.66. The van der Waals surface area contributed by atoms with Crippen LogP contribution in [0.2, 0.25) is 0 Å². The zero-order valence-corrected chi connectivity index (χ0v) is 11.8. The number of rotatable bonds is 5. The van der Waals surface area contributed by atoms with E-state index in [1.807, 2.05) is 18.2 Å². The predicted octanol–water partition coefficient (Wildman–Crippen LogP) is 3.63. The predicted molar refractivity (Wildman–Crippen MR) is 73.9 cm³/mol. The third-order valence-electron chi connectivity index (χ3n) is 3.76. The molecule has 0 saturated carbocycles. The molecule has 0 aromatic heterocycles. The fraction of sp³-hybridized carbons (Fsp3) is 0.600. The smallest absolute Gasteiger partial charge is 0.0717 e. The molecule has 0 bridgehead atoms. The Kier molecular flexibility index (Phi) is 4.66. The van der Waals surface area contributed by atoms with Crippen LogP contribution in [0.3, 0.4) is 0 Å². The number of ether oxygens (including phenoxy) is 2. The lowest BCUT2D eigenvalue weighted by Crippen LogP contribution is -2.35. The molecular formula is C15H21ClO2. The van der Waals surface area contributed by atoms with E-state index in [2.05, 4.69) is 26.0 Å². The molecule has 1 aromatic carbocycles. The third kappa shape index (κ3) is 3.05. The molecule has 18 heavy (non-hydrogen) atoms. The van der Waals surface area contributed by atoms with Crippen molar-refractivity contribution >= 4 is 11.6 Å². The van der Waals surface area contributed by atoms with Gasteiger partial charge in [-0.25, -0.2) is 0 Å². The van der Waals surface area contributed by atoms with Gasteiger partial charge in [-0.2, -0.15) is 0 Å². The van der Waals surface area contributed by atoms with Crippen LogP contribution in [0.25, 0.3) is 0 Å². The van der Waals surface area contributed by atoms with Gasteiger partial charge in [0.2, 0.25) is 0 Å². The van der Waals surface area contributed by atoms with E-state index in [-0.39, 0.29) is 17.6 Å². The molecular weight excluding hydrogens is 248 g/mol. The van der Waals surface area contributed by atoms with Gasteiger partial charge < -0.3 is 9.47 Å². The van der Waals surface area contributed by atoms with Crippen LogP contribution >= 0.6 is 11.6 Å². The molecule has 0 amide bonds. The number of hydrogen-bond donors (Lipinski definition) is 0. The molecule has 2 nitrogen and oxygen atoms in total. The third-order valence-corrected chi connectivity index (χ3v) is 4.29. The van der Waals surface area contributed by atoms with Gasteiger partial charge in [0, 0.05) is 11.3 Å². The Labute approximate surface area is 114 Å². The van der Waals surface area contributed by atoms with Crippen molar-refractivity contribution in [1.29, 1.82) is 0 Å². The van der Waals surface area contributed by atoms with Gasteiger partial charge in [-0.1, -0.05) is 30.3 Å². The second kappa shape index (κ2) is 6.05. The van der Waals surface area contributed by atoms with Crippen LogP contribution in [0.4, 0.5) is 0 Å². The maximum absolute atomic E-state index is 6.15. The molecule has 2 rings (SSSR count). The van der Waals surface area contributed by atoms with Crippen LogP contribution in [-0.4, -0.2) is 24.7 Å². The van der Waals surface area contributed by atoms with E-state index < -0.39 is 0 Å². The summed E-state index contributed by atoms with van der Waals surface area (Å²) in [7, 11) is 0. The lowest BCUT2D eigenvalue weighted by molar-refractivity contribution is -0.0104. The van der Waals surface area contributed by atoms with Crippen LogP contribution in [0, 0.1) is 5.41 Å². The summed E-state index contributed by atoms with van der Waals surface area (Å²) in [6, 6.07) is 10.2. The van der Waals surface area contributed by atoms with Crippen LogP contribution in [0.15, 0.2) is 30.3 Å². The van der Waals surface area contributed by atoms with Crippen molar-refractivity contribution in [2.45, 2.75) is 39.1 Å². The fourth-order valence-electron chi connectivity index (χ4n) is 2.60. The van der Waals surface area contributed by atoms with Gasteiger partial charge in [-0.3, -0.25) is 0 Å². The standard InChI is InChI=1S/C15H21ClO2/c1-12-8-15(10-16,13(2)18-12)11-17-9-14-6-4-3-5-7-14/h3-7,12-13H,8-11H2,1-2H3. The Morgan fingerprint density at radius 2 is 2.06 bits per heavy atom. The molecule has 3 unspecified atom stereocenters. The van der Waals surface area contributed by atoms with Crippen molar-refractivity contribution < 1.29 is 9.47 Å². The minimum Gasteiger partial charge on any atom is -0.376 e. The average molecular weight is 269 g/mol. The van der Waals surface area contributed by atoms with Crippen molar-refractivity contribution in [3.05, 3.63) is 35.9 Å². The first kappa shape index (κ1) is 13.9. The first-order chi connectivity index (χ1) is 8.66. The van der Waals surface area contributed by atoms with Gasteiger partial charge in [0.25, 0.3) is 0 Å². The Morgan fingerprint density at radius 1 is 1.33 bits per heavy atom. The van der Waals surface area contributed by atoms with Crippen LogP contribution in [0.1, 0.15) is 25.8 Å². The molecule has 3 atom stereocenters. The van der Waals surface area contributed by atoms with Crippen molar-refractivity contribution in [1.82, 2.24) is 0 Å². The summed E-state index contributed by atoms with van der Waals surface area (Å²) in [6.45, 7) is 5.50. The zero-order chi connectivity index (χ0) is 13.0. The first-order valence-corrected chi connectivity index (χ1v) is 7.03. The summed E-state index contributed by atoms with van der Waals surface area (Å²) < 4.78 is 11.7. The molecule has 3 heteroatoms. The minimum absolute atomic E-state index is 0.0320. The lowest BCUT2D eigenvalue weighted by atomic mass is 9.83. The van der Waals surface area contributed by atoms with Gasteiger partial charge in [-0.05, 0) is 25.8 Å². The summed E-state index contributed by atoms with van der Waals surface area (Å²) >= 11 is 6.15. The molecule has 1 aliphatic heterocycles. The lowest BCUT2D eigenvalue weighted by Gasteiger charge is -2.29. The molecule has 1 heterocycles. The normalized spacial score (nSPS) is 31.7. The number of alkyl halides is 1. The highest BCUT2D eigenvalue weighted by Gasteiger charge is 2.44. The minimum atomic E-state index is -0.0320. The second-order valence-corrected chi connectivity index (χ2v) is 5.53. The summed E-state index contributed by atoms with van der Waals surface area (Å²) in [5.74, 6) is 0.591. The maximum Gasteiger partial charge on any atom is 0.0717 e. The SMILES string of the molecule is CC1CC(CCl)(COCc2ccccc2)C(C)O1. The molecule has 100 valence electrons. The molecule has 0 aliphatic carbocycles.